The van der Waals surface area contributed by atoms with Crippen LogP contribution in [-0.2, 0) is 0 Å². The van der Waals surface area contributed by atoms with Crippen LogP contribution in [0.15, 0.2) is 186 Å². The van der Waals surface area contributed by atoms with E-state index in [1.54, 1.807) is 0 Å². The summed E-state index contributed by atoms with van der Waals surface area (Å²) in [6.45, 7) is 0. The smallest absolute Gasteiger partial charge is 0.164 e. The predicted octanol–water partition coefficient (Wildman–Crippen LogP) is 11.5. The van der Waals surface area contributed by atoms with Crippen LogP contribution < -0.4 is 15.3 Å². The van der Waals surface area contributed by atoms with Crippen LogP contribution in [0.2, 0.25) is 0 Å². The number of hydrogen-bond donors (Lipinski definition) is 0. The van der Waals surface area contributed by atoms with Gasteiger partial charge < -0.3 is 9.32 Å². The minimum absolute atomic E-state index is 0.179. The number of fused-ring (bicyclic) bond motifs is 8. The van der Waals surface area contributed by atoms with E-state index >= 15 is 0 Å². The zero-order chi connectivity index (χ0) is 38.2. The molecule has 2 aromatic heterocycles. The minimum Gasteiger partial charge on any atom is -0.456 e. The zero-order valence-electron chi connectivity index (χ0n) is 31.3. The van der Waals surface area contributed by atoms with Crippen molar-refractivity contribution in [2.75, 3.05) is 4.90 Å². The summed E-state index contributed by atoms with van der Waals surface area (Å²) in [5.74, 6) is 2.10. The topological polar surface area (TPSA) is 55.1 Å². The maximum absolute atomic E-state index is 6.25. The molecular formula is C53H34N4O. The Balaban J connectivity index is 0.949. The molecule has 0 bridgehead atoms. The van der Waals surface area contributed by atoms with E-state index in [4.69, 9.17) is 19.4 Å². The number of nitrogens with zero attached hydrogens (tertiary/aromatic N) is 4. The van der Waals surface area contributed by atoms with Crippen LogP contribution in [0.25, 0.3) is 90.2 Å². The van der Waals surface area contributed by atoms with Crippen LogP contribution in [0.1, 0.15) is 11.5 Å². The van der Waals surface area contributed by atoms with Crippen molar-refractivity contribution in [3.63, 3.8) is 0 Å². The third-order valence-corrected chi connectivity index (χ3v) is 11.8. The van der Waals surface area contributed by atoms with Gasteiger partial charge in [-0.3, -0.25) is 0 Å². The molecule has 0 radical (unpaired) electrons. The van der Waals surface area contributed by atoms with E-state index in [0.29, 0.717) is 17.5 Å². The Morgan fingerprint density at radius 1 is 0.448 bits per heavy atom. The quantitative estimate of drug-likeness (QED) is 0.176. The van der Waals surface area contributed by atoms with Crippen molar-refractivity contribution in [2.24, 2.45) is 0 Å². The fourth-order valence-electron chi connectivity index (χ4n) is 9.05. The fourth-order valence-corrected chi connectivity index (χ4v) is 9.05. The molecule has 2 atom stereocenters. The first-order valence-corrected chi connectivity index (χ1v) is 19.8. The molecule has 0 amide bonds. The zero-order valence-corrected chi connectivity index (χ0v) is 31.3. The Hall–Kier alpha value is -7.63. The lowest BCUT2D eigenvalue weighted by Gasteiger charge is -2.29. The van der Waals surface area contributed by atoms with Gasteiger partial charge in [0.15, 0.2) is 17.5 Å². The first-order valence-electron chi connectivity index (χ1n) is 19.8. The molecule has 10 aromatic rings. The lowest BCUT2D eigenvalue weighted by Crippen LogP contribution is -2.38. The van der Waals surface area contributed by atoms with Gasteiger partial charge in [0.05, 0.1) is 6.04 Å². The maximum Gasteiger partial charge on any atom is 0.164 e. The third kappa shape index (κ3) is 5.28. The standard InChI is InChI=1S/C53H34N4O/c1-2-12-34(13-3-1)51-54-52(56-53(55-51)43-21-11-23-49-50(43)42-20-8-9-22-48(42)58-49)40-19-10-18-35(28-40)33-24-26-41(27-25-33)57-46-31-38-16-6-4-14-36(38)29-44(46)45-30-37-15-5-7-17-39(37)32-47(45)57/h1-32,44,46H. The molecule has 1 aliphatic heterocycles. The second kappa shape index (κ2) is 13.0. The predicted molar refractivity (Wildman–Crippen MR) is 236 cm³/mol. The summed E-state index contributed by atoms with van der Waals surface area (Å²) >= 11 is 0. The van der Waals surface area contributed by atoms with Crippen molar-refractivity contribution >= 4 is 56.2 Å². The third-order valence-electron chi connectivity index (χ3n) is 11.8. The lowest BCUT2D eigenvalue weighted by molar-refractivity contribution is 0.669. The molecule has 0 saturated carbocycles. The minimum atomic E-state index is 0.179. The first kappa shape index (κ1) is 32.6. The number of rotatable bonds is 5. The molecule has 2 aliphatic rings. The molecule has 0 fully saturated rings. The van der Waals surface area contributed by atoms with Crippen molar-refractivity contribution in [1.29, 1.82) is 0 Å². The Kier molecular flexibility index (Phi) is 7.29. The van der Waals surface area contributed by atoms with Crippen LogP contribution in [0.5, 0.6) is 0 Å². The summed E-state index contributed by atoms with van der Waals surface area (Å²) in [6, 6.07) is 64.2. The molecule has 3 heterocycles. The van der Waals surface area contributed by atoms with Crippen LogP contribution in [-0.4, -0.2) is 21.0 Å². The van der Waals surface area contributed by atoms with Gasteiger partial charge in [-0.05, 0) is 80.4 Å². The molecule has 0 N–H and O–H groups in total. The van der Waals surface area contributed by atoms with Crippen LogP contribution in [0.4, 0.5) is 11.4 Å². The summed E-state index contributed by atoms with van der Waals surface area (Å²) in [7, 11) is 0. The Morgan fingerprint density at radius 3 is 1.93 bits per heavy atom. The number of aromatic nitrogens is 3. The molecule has 58 heavy (non-hydrogen) atoms. The monoisotopic (exact) mass is 742 g/mol. The number of para-hydroxylation sites is 1. The summed E-state index contributed by atoms with van der Waals surface area (Å²) in [6.07, 6.45) is 4.91. The van der Waals surface area contributed by atoms with E-state index in [1.165, 1.54) is 38.1 Å². The Bertz CT molecular complexity index is 3370. The fraction of sp³-hybridized carbons (Fsp3) is 0.0377. The molecule has 1 aliphatic carbocycles. The van der Waals surface area contributed by atoms with Crippen molar-refractivity contribution in [3.05, 3.63) is 198 Å². The van der Waals surface area contributed by atoms with Crippen LogP contribution in [0.3, 0.4) is 0 Å². The van der Waals surface area contributed by atoms with E-state index in [-0.39, 0.29) is 12.0 Å². The number of anilines is 2. The van der Waals surface area contributed by atoms with Gasteiger partial charge in [0.1, 0.15) is 11.2 Å². The van der Waals surface area contributed by atoms with Crippen molar-refractivity contribution in [1.82, 2.24) is 15.0 Å². The van der Waals surface area contributed by atoms with Crippen molar-refractivity contribution < 1.29 is 4.42 Å². The van der Waals surface area contributed by atoms with Gasteiger partial charge >= 0.3 is 0 Å². The van der Waals surface area contributed by atoms with Gasteiger partial charge in [0, 0.05) is 44.8 Å². The average Bonchev–Trinajstić information content (AvgIpc) is 3.82. The van der Waals surface area contributed by atoms with Gasteiger partial charge in [0.2, 0.25) is 0 Å². The summed E-state index contributed by atoms with van der Waals surface area (Å²) in [5, 5.41) is 7.14. The van der Waals surface area contributed by atoms with Gasteiger partial charge in [-0.25, -0.2) is 15.0 Å². The number of furan rings is 1. The highest BCUT2D eigenvalue weighted by molar-refractivity contribution is 6.11. The van der Waals surface area contributed by atoms with Gasteiger partial charge in [-0.2, -0.15) is 0 Å². The molecule has 0 spiro atoms. The van der Waals surface area contributed by atoms with Crippen LogP contribution in [0, 0.1) is 0 Å². The first-order chi connectivity index (χ1) is 28.7. The molecular weight excluding hydrogens is 709 g/mol. The van der Waals surface area contributed by atoms with E-state index in [0.717, 1.165) is 49.8 Å². The largest absolute Gasteiger partial charge is 0.456 e. The van der Waals surface area contributed by atoms with Crippen molar-refractivity contribution in [3.8, 4) is 45.3 Å². The normalized spacial score (nSPS) is 15.5. The molecule has 0 saturated heterocycles. The number of benzene rings is 8. The van der Waals surface area contributed by atoms with E-state index in [9.17, 15) is 0 Å². The van der Waals surface area contributed by atoms with Gasteiger partial charge in [0.25, 0.3) is 0 Å². The SMILES string of the molecule is C1=c2ccccc2=CC2C1c1cc3ccccc3cc1N2c1ccc(-c2cccc(-c3nc(-c4ccccc4)nc(-c4cccc5oc6ccccc6c45)n3)c2)cc1. The molecule has 272 valence electrons. The van der Waals surface area contributed by atoms with Gasteiger partial charge in [-0.15, -0.1) is 0 Å². The van der Waals surface area contributed by atoms with Gasteiger partial charge in [-0.1, -0.05) is 152 Å². The Labute approximate surface area is 334 Å². The highest BCUT2D eigenvalue weighted by Gasteiger charge is 2.38. The second-order valence-electron chi connectivity index (χ2n) is 15.2. The van der Waals surface area contributed by atoms with Crippen molar-refractivity contribution in [2.45, 2.75) is 12.0 Å². The highest BCUT2D eigenvalue weighted by atomic mass is 16.3. The lowest BCUT2D eigenvalue weighted by atomic mass is 9.88. The highest BCUT2D eigenvalue weighted by Crippen LogP contribution is 2.49. The van der Waals surface area contributed by atoms with E-state index < -0.39 is 0 Å². The van der Waals surface area contributed by atoms with E-state index in [2.05, 4.69) is 138 Å². The molecule has 2 unspecified atom stereocenters. The Morgan fingerprint density at radius 2 is 1.09 bits per heavy atom. The summed E-state index contributed by atoms with van der Waals surface area (Å²) < 4.78 is 6.25. The number of hydrogen-bond acceptors (Lipinski definition) is 5. The second-order valence-corrected chi connectivity index (χ2v) is 15.2. The molecule has 5 nitrogen and oxygen atoms in total. The van der Waals surface area contributed by atoms with E-state index in [1.807, 2.05) is 60.7 Å². The van der Waals surface area contributed by atoms with Crippen LogP contribution >= 0.6 is 0 Å². The summed E-state index contributed by atoms with van der Waals surface area (Å²) in [4.78, 5) is 17.8. The molecule has 12 rings (SSSR count). The maximum atomic E-state index is 6.25. The molecule has 8 aromatic carbocycles. The summed E-state index contributed by atoms with van der Waals surface area (Å²) in [5.41, 5.74) is 10.4. The average molecular weight is 743 g/mol. The molecule has 5 heteroatoms.